The van der Waals surface area contributed by atoms with Crippen molar-refractivity contribution in [1.82, 2.24) is 4.57 Å². The number of carbonyl (C=O) groups is 1. The quantitative estimate of drug-likeness (QED) is 0.778. The first-order chi connectivity index (χ1) is 8.86. The molecule has 1 atom stereocenters. The number of hydrogen-bond acceptors (Lipinski definition) is 3. The highest BCUT2D eigenvalue weighted by atomic mass is 79.9. The summed E-state index contributed by atoms with van der Waals surface area (Å²) in [5.74, 6) is -1.24. The molecule has 0 aliphatic carbocycles. The lowest BCUT2D eigenvalue weighted by Crippen LogP contribution is -2.33. The molecule has 1 aromatic heterocycles. The summed E-state index contributed by atoms with van der Waals surface area (Å²) < 4.78 is 19.9. The summed E-state index contributed by atoms with van der Waals surface area (Å²) in [7, 11) is 0. The fourth-order valence-electron chi connectivity index (χ4n) is 1.77. The fraction of sp³-hybridized carbons (Fsp3) is 0.538. The van der Waals surface area contributed by atoms with Crippen LogP contribution >= 0.6 is 15.9 Å². The van der Waals surface area contributed by atoms with Gasteiger partial charge < -0.3 is 4.74 Å². The molecule has 1 heterocycles. The molecule has 0 aliphatic heterocycles. The van der Waals surface area contributed by atoms with Crippen LogP contribution in [0.25, 0.3) is 0 Å². The van der Waals surface area contributed by atoms with E-state index in [0.717, 1.165) is 10.6 Å². The Morgan fingerprint density at radius 2 is 2.16 bits per heavy atom. The molecule has 106 valence electrons. The second-order valence-corrected chi connectivity index (χ2v) is 5.53. The van der Waals surface area contributed by atoms with E-state index in [-0.39, 0.29) is 12.5 Å². The molecular weight excluding hydrogens is 317 g/mol. The molecule has 1 aromatic rings. The van der Waals surface area contributed by atoms with Gasteiger partial charge in [-0.3, -0.25) is 9.36 Å². The van der Waals surface area contributed by atoms with E-state index in [2.05, 4.69) is 15.9 Å². The smallest absolute Gasteiger partial charge is 0.329 e. The number of halogens is 2. The maximum absolute atomic E-state index is 13.5. The van der Waals surface area contributed by atoms with Gasteiger partial charge >= 0.3 is 5.97 Å². The zero-order chi connectivity index (χ0) is 14.6. The van der Waals surface area contributed by atoms with Crippen LogP contribution in [0, 0.1) is 11.7 Å². The maximum Gasteiger partial charge on any atom is 0.329 e. The van der Waals surface area contributed by atoms with E-state index >= 15 is 0 Å². The van der Waals surface area contributed by atoms with E-state index in [1.54, 1.807) is 6.92 Å². The van der Waals surface area contributed by atoms with Gasteiger partial charge in [-0.15, -0.1) is 0 Å². The first-order valence-electron chi connectivity index (χ1n) is 6.10. The summed E-state index contributed by atoms with van der Waals surface area (Å²) in [6, 6.07) is 0.274. The van der Waals surface area contributed by atoms with Crippen LogP contribution in [-0.4, -0.2) is 17.1 Å². The Balaban J connectivity index is 3.24. The number of esters is 1. The molecular formula is C13H17BrFNO3. The van der Waals surface area contributed by atoms with E-state index in [4.69, 9.17) is 4.74 Å². The molecule has 0 radical (unpaired) electrons. The zero-order valence-electron chi connectivity index (χ0n) is 11.2. The first-order valence-corrected chi connectivity index (χ1v) is 6.90. The van der Waals surface area contributed by atoms with Crippen LogP contribution in [-0.2, 0) is 9.53 Å². The summed E-state index contributed by atoms with van der Waals surface area (Å²) in [5, 5.41) is 0. The topological polar surface area (TPSA) is 48.3 Å². The van der Waals surface area contributed by atoms with Crippen molar-refractivity contribution in [3.05, 3.63) is 32.9 Å². The van der Waals surface area contributed by atoms with Gasteiger partial charge in [0.1, 0.15) is 6.04 Å². The summed E-state index contributed by atoms with van der Waals surface area (Å²) >= 11 is 3.12. The summed E-state index contributed by atoms with van der Waals surface area (Å²) in [6.45, 7) is 5.75. The normalized spacial score (nSPS) is 12.5. The Morgan fingerprint density at radius 3 is 2.68 bits per heavy atom. The Morgan fingerprint density at radius 1 is 1.53 bits per heavy atom. The lowest BCUT2D eigenvalue weighted by Gasteiger charge is -2.20. The Labute approximate surface area is 119 Å². The molecule has 19 heavy (non-hydrogen) atoms. The van der Waals surface area contributed by atoms with Gasteiger partial charge in [-0.1, -0.05) is 13.8 Å². The molecule has 0 bridgehead atoms. The van der Waals surface area contributed by atoms with Gasteiger partial charge in [0, 0.05) is 10.7 Å². The van der Waals surface area contributed by atoms with Gasteiger partial charge in [0.2, 0.25) is 0 Å². The number of ether oxygens (including phenoxy) is 1. The van der Waals surface area contributed by atoms with Gasteiger partial charge in [0.05, 0.1) is 6.61 Å². The predicted molar refractivity (Wildman–Crippen MR) is 73.5 cm³/mol. The van der Waals surface area contributed by atoms with Crippen molar-refractivity contribution in [2.75, 3.05) is 6.61 Å². The number of carbonyl (C=O) groups excluding carboxylic acids is 1. The lowest BCUT2D eigenvalue weighted by molar-refractivity contribution is -0.147. The molecule has 0 amide bonds. The third kappa shape index (κ3) is 4.16. The summed E-state index contributed by atoms with van der Waals surface area (Å²) in [4.78, 5) is 23.7. The van der Waals surface area contributed by atoms with Gasteiger partial charge in [0.15, 0.2) is 5.82 Å². The third-order valence-corrected chi connectivity index (χ3v) is 2.99. The molecule has 1 rings (SSSR count). The van der Waals surface area contributed by atoms with E-state index in [0.29, 0.717) is 10.9 Å². The van der Waals surface area contributed by atoms with E-state index < -0.39 is 23.4 Å². The molecule has 6 heteroatoms. The van der Waals surface area contributed by atoms with Crippen molar-refractivity contribution in [3.63, 3.8) is 0 Å². The number of rotatable bonds is 5. The van der Waals surface area contributed by atoms with Gasteiger partial charge in [-0.2, -0.15) is 0 Å². The molecule has 0 N–H and O–H groups in total. The van der Waals surface area contributed by atoms with Gasteiger partial charge in [-0.25, -0.2) is 9.18 Å². The van der Waals surface area contributed by atoms with Gasteiger partial charge in [-0.05, 0) is 41.3 Å². The Bertz CT molecular complexity index is 513. The molecule has 0 aliphatic rings. The largest absolute Gasteiger partial charge is 0.464 e. The summed E-state index contributed by atoms with van der Waals surface area (Å²) in [6.07, 6.45) is 1.82. The van der Waals surface area contributed by atoms with E-state index in [9.17, 15) is 14.0 Å². The van der Waals surface area contributed by atoms with E-state index in [1.807, 2.05) is 13.8 Å². The average molecular weight is 334 g/mol. The van der Waals surface area contributed by atoms with Crippen LogP contribution in [0.3, 0.4) is 0 Å². The zero-order valence-corrected chi connectivity index (χ0v) is 12.7. The first kappa shape index (κ1) is 15.9. The SMILES string of the molecule is CCOC(=O)C(CC(C)C)n1cc(Br)cc(F)c1=O. The van der Waals surface area contributed by atoms with Crippen LogP contribution < -0.4 is 5.56 Å². The lowest BCUT2D eigenvalue weighted by atomic mass is 10.0. The standard InChI is InChI=1S/C13H17BrFNO3/c1-4-19-13(18)11(5-8(2)3)16-7-9(14)6-10(15)12(16)17/h6-8,11H,4-5H2,1-3H3. The van der Waals surface area contributed by atoms with Crippen molar-refractivity contribution in [2.45, 2.75) is 33.2 Å². The number of pyridine rings is 1. The highest BCUT2D eigenvalue weighted by Crippen LogP contribution is 2.20. The molecule has 0 spiro atoms. The fourth-order valence-corrected chi connectivity index (χ4v) is 2.20. The molecule has 0 saturated carbocycles. The predicted octanol–water partition coefficient (Wildman–Crippen LogP) is 2.90. The minimum Gasteiger partial charge on any atom is -0.464 e. The second-order valence-electron chi connectivity index (χ2n) is 4.62. The highest BCUT2D eigenvalue weighted by Gasteiger charge is 2.25. The van der Waals surface area contributed by atoms with Crippen molar-refractivity contribution in [2.24, 2.45) is 5.92 Å². The van der Waals surface area contributed by atoms with Crippen LogP contribution in [0.5, 0.6) is 0 Å². The Kier molecular flexibility index (Phi) is 5.72. The van der Waals surface area contributed by atoms with Crippen molar-refractivity contribution in [1.29, 1.82) is 0 Å². The average Bonchev–Trinajstić information content (AvgIpc) is 2.31. The summed E-state index contributed by atoms with van der Waals surface area (Å²) in [5.41, 5.74) is -0.818. The van der Waals surface area contributed by atoms with Crippen LogP contribution in [0.15, 0.2) is 21.5 Å². The van der Waals surface area contributed by atoms with E-state index in [1.165, 1.54) is 6.20 Å². The second kappa shape index (κ2) is 6.84. The number of aromatic nitrogens is 1. The Hall–Kier alpha value is -1.17. The van der Waals surface area contributed by atoms with Crippen LogP contribution in [0.4, 0.5) is 4.39 Å². The van der Waals surface area contributed by atoms with Crippen molar-refractivity contribution in [3.8, 4) is 0 Å². The monoisotopic (exact) mass is 333 g/mol. The highest BCUT2D eigenvalue weighted by molar-refractivity contribution is 9.10. The number of nitrogens with zero attached hydrogens (tertiary/aromatic N) is 1. The van der Waals surface area contributed by atoms with Crippen molar-refractivity contribution < 1.29 is 13.9 Å². The molecule has 4 nitrogen and oxygen atoms in total. The third-order valence-electron chi connectivity index (χ3n) is 2.55. The molecule has 0 fully saturated rings. The molecule has 0 saturated heterocycles. The molecule has 1 unspecified atom stereocenters. The van der Waals surface area contributed by atoms with Crippen LogP contribution in [0.2, 0.25) is 0 Å². The molecule has 0 aromatic carbocycles. The minimum atomic E-state index is -0.896. The van der Waals surface area contributed by atoms with Crippen LogP contribution in [0.1, 0.15) is 33.2 Å². The van der Waals surface area contributed by atoms with Gasteiger partial charge in [0.25, 0.3) is 5.56 Å². The maximum atomic E-state index is 13.5. The van der Waals surface area contributed by atoms with Crippen molar-refractivity contribution >= 4 is 21.9 Å². The minimum absolute atomic E-state index is 0.170. The number of hydrogen-bond donors (Lipinski definition) is 0.